The first-order chi connectivity index (χ1) is 11.8. The molecule has 138 valence electrons. The number of nitrogen functional groups attached to an aromatic ring is 1. The van der Waals surface area contributed by atoms with Crippen molar-refractivity contribution < 1.29 is 14.6 Å². The predicted octanol–water partition coefficient (Wildman–Crippen LogP) is -0.773. The quantitative estimate of drug-likeness (QED) is 0.450. The Kier molecular flexibility index (Phi) is 6.10. The van der Waals surface area contributed by atoms with Gasteiger partial charge in [0.2, 0.25) is 5.95 Å². The maximum absolute atomic E-state index is 11.9. The zero-order valence-corrected chi connectivity index (χ0v) is 14.3. The van der Waals surface area contributed by atoms with Crippen LogP contribution in [0.5, 0.6) is 0 Å². The van der Waals surface area contributed by atoms with Crippen molar-refractivity contribution in [1.29, 1.82) is 0 Å². The van der Waals surface area contributed by atoms with Gasteiger partial charge in [0, 0.05) is 19.1 Å². The van der Waals surface area contributed by atoms with Crippen LogP contribution in [0.4, 0.5) is 5.95 Å². The van der Waals surface area contributed by atoms with E-state index in [1.165, 1.54) is 6.33 Å². The molecule has 0 amide bonds. The van der Waals surface area contributed by atoms with Crippen LogP contribution in [0.3, 0.4) is 0 Å². The lowest BCUT2D eigenvalue weighted by atomic mass is 10.1. The zero-order chi connectivity index (χ0) is 18.6. The van der Waals surface area contributed by atoms with Crippen molar-refractivity contribution >= 4 is 23.1 Å². The molecule has 0 fully saturated rings. The molecule has 2 atom stereocenters. The summed E-state index contributed by atoms with van der Waals surface area (Å²) in [5.41, 5.74) is 11.4. The third-order valence-corrected chi connectivity index (χ3v) is 3.94. The summed E-state index contributed by atoms with van der Waals surface area (Å²) in [6, 6.07) is -0.691. The highest BCUT2D eigenvalue weighted by atomic mass is 16.5. The molecular formula is C15H24N6O4. The van der Waals surface area contributed by atoms with E-state index in [4.69, 9.17) is 16.2 Å². The number of rotatable bonds is 8. The van der Waals surface area contributed by atoms with Gasteiger partial charge in [-0.05, 0) is 12.3 Å². The number of H-pyrrole nitrogens is 1. The summed E-state index contributed by atoms with van der Waals surface area (Å²) >= 11 is 0. The highest BCUT2D eigenvalue weighted by Crippen LogP contribution is 2.13. The van der Waals surface area contributed by atoms with Gasteiger partial charge in [0.1, 0.15) is 6.04 Å². The van der Waals surface area contributed by atoms with Gasteiger partial charge in [-0.25, -0.2) is 4.98 Å². The van der Waals surface area contributed by atoms with E-state index in [-0.39, 0.29) is 36.5 Å². The minimum Gasteiger partial charge on any atom is -0.464 e. The van der Waals surface area contributed by atoms with E-state index in [9.17, 15) is 14.7 Å². The van der Waals surface area contributed by atoms with Crippen molar-refractivity contribution in [2.75, 3.05) is 18.9 Å². The van der Waals surface area contributed by atoms with E-state index >= 15 is 0 Å². The lowest BCUT2D eigenvalue weighted by Crippen LogP contribution is -2.38. The average Bonchev–Trinajstić information content (AvgIpc) is 2.94. The van der Waals surface area contributed by atoms with Crippen molar-refractivity contribution in [2.45, 2.75) is 32.9 Å². The molecular weight excluding hydrogens is 328 g/mol. The number of fused-ring (bicyclic) bond motifs is 1. The molecule has 6 N–H and O–H groups in total. The van der Waals surface area contributed by atoms with Crippen molar-refractivity contribution in [1.82, 2.24) is 19.5 Å². The number of carbonyl (C=O) groups is 1. The van der Waals surface area contributed by atoms with Gasteiger partial charge < -0.3 is 25.9 Å². The normalized spacial score (nSPS) is 14.0. The summed E-state index contributed by atoms with van der Waals surface area (Å²) in [5, 5.41) is 9.25. The molecule has 10 nitrogen and oxygen atoms in total. The molecule has 2 rings (SSSR count). The zero-order valence-electron chi connectivity index (χ0n) is 14.3. The first kappa shape index (κ1) is 18.9. The summed E-state index contributed by atoms with van der Waals surface area (Å²) in [6.07, 6.45) is 1.88. The Hall–Kier alpha value is -2.46. The van der Waals surface area contributed by atoms with E-state index in [1.807, 2.05) is 13.8 Å². The van der Waals surface area contributed by atoms with Gasteiger partial charge in [0.15, 0.2) is 11.2 Å². The molecule has 0 aliphatic carbocycles. The SMILES string of the molecule is CC(C)C(N)C(=O)OCC(CCO)Cn1cnc2c(=O)[nH]c(N)nc21. The van der Waals surface area contributed by atoms with Gasteiger partial charge in [-0.3, -0.25) is 14.6 Å². The minimum absolute atomic E-state index is 0.00714. The molecule has 2 aromatic heterocycles. The van der Waals surface area contributed by atoms with E-state index in [2.05, 4.69) is 15.0 Å². The molecule has 0 spiro atoms. The number of aliphatic hydroxyl groups excluding tert-OH is 1. The topological polar surface area (TPSA) is 162 Å². The number of imidazole rings is 1. The number of aliphatic hydroxyl groups is 1. The van der Waals surface area contributed by atoms with Crippen molar-refractivity contribution in [3.8, 4) is 0 Å². The predicted molar refractivity (Wildman–Crippen MR) is 91.5 cm³/mol. The fourth-order valence-corrected chi connectivity index (χ4v) is 2.36. The third-order valence-electron chi connectivity index (χ3n) is 3.94. The van der Waals surface area contributed by atoms with Crippen LogP contribution in [-0.4, -0.2) is 49.9 Å². The Balaban J connectivity index is 2.11. The molecule has 0 radical (unpaired) electrons. The van der Waals surface area contributed by atoms with Crippen LogP contribution < -0.4 is 17.0 Å². The van der Waals surface area contributed by atoms with E-state index in [0.717, 1.165) is 0 Å². The highest BCUT2D eigenvalue weighted by Gasteiger charge is 2.21. The lowest BCUT2D eigenvalue weighted by Gasteiger charge is -2.19. The maximum atomic E-state index is 11.9. The van der Waals surface area contributed by atoms with Crippen LogP contribution in [0, 0.1) is 11.8 Å². The molecule has 0 bridgehead atoms. The Morgan fingerprint density at radius 2 is 2.20 bits per heavy atom. The van der Waals surface area contributed by atoms with Gasteiger partial charge in [-0.15, -0.1) is 0 Å². The van der Waals surface area contributed by atoms with Crippen LogP contribution in [-0.2, 0) is 16.1 Å². The van der Waals surface area contributed by atoms with Crippen LogP contribution in [0.1, 0.15) is 20.3 Å². The van der Waals surface area contributed by atoms with Crippen LogP contribution in [0.2, 0.25) is 0 Å². The van der Waals surface area contributed by atoms with Gasteiger partial charge in [-0.1, -0.05) is 13.8 Å². The molecule has 0 saturated carbocycles. The first-order valence-corrected chi connectivity index (χ1v) is 8.07. The second-order valence-corrected chi connectivity index (χ2v) is 6.30. The molecule has 10 heteroatoms. The fraction of sp³-hybridized carbons (Fsp3) is 0.600. The second-order valence-electron chi connectivity index (χ2n) is 6.30. The second kappa shape index (κ2) is 8.08. The highest BCUT2D eigenvalue weighted by molar-refractivity contribution is 5.75. The fourth-order valence-electron chi connectivity index (χ4n) is 2.36. The van der Waals surface area contributed by atoms with Crippen LogP contribution in [0.15, 0.2) is 11.1 Å². The molecule has 2 heterocycles. The van der Waals surface area contributed by atoms with Gasteiger partial charge >= 0.3 is 5.97 Å². The third kappa shape index (κ3) is 4.54. The van der Waals surface area contributed by atoms with Gasteiger partial charge in [-0.2, -0.15) is 4.98 Å². The molecule has 0 aliphatic rings. The van der Waals surface area contributed by atoms with Crippen LogP contribution >= 0.6 is 0 Å². The van der Waals surface area contributed by atoms with Gasteiger partial charge in [0.25, 0.3) is 5.56 Å². The standard InChI is InChI=1S/C15H24N6O4/c1-8(2)10(16)14(24)25-6-9(3-4-22)5-21-7-18-11-12(21)19-15(17)20-13(11)23/h7-10,22H,3-6,16H2,1-2H3,(H3,17,19,20,23). The Morgan fingerprint density at radius 1 is 1.48 bits per heavy atom. The number of carbonyl (C=O) groups excluding carboxylic acids is 1. The number of anilines is 1. The molecule has 25 heavy (non-hydrogen) atoms. The molecule has 2 aromatic rings. The number of nitrogens with two attached hydrogens (primary N) is 2. The Bertz CT molecular complexity index is 784. The number of hydrogen-bond acceptors (Lipinski definition) is 8. The number of ether oxygens (including phenoxy) is 1. The molecule has 0 saturated heterocycles. The summed E-state index contributed by atoms with van der Waals surface area (Å²) in [6.45, 7) is 4.06. The van der Waals surface area contributed by atoms with E-state index in [0.29, 0.717) is 18.6 Å². The molecule has 0 aliphatic heterocycles. The summed E-state index contributed by atoms with van der Waals surface area (Å²) < 4.78 is 6.92. The summed E-state index contributed by atoms with van der Waals surface area (Å²) in [7, 11) is 0. The molecule has 2 unspecified atom stereocenters. The van der Waals surface area contributed by atoms with E-state index < -0.39 is 17.6 Å². The van der Waals surface area contributed by atoms with Gasteiger partial charge in [0.05, 0.1) is 12.9 Å². The number of esters is 1. The largest absolute Gasteiger partial charge is 0.464 e. The minimum atomic E-state index is -0.691. The van der Waals surface area contributed by atoms with Crippen molar-refractivity contribution in [2.24, 2.45) is 17.6 Å². The first-order valence-electron chi connectivity index (χ1n) is 8.07. The Morgan fingerprint density at radius 3 is 2.84 bits per heavy atom. The number of nitrogens with one attached hydrogen (secondary N) is 1. The monoisotopic (exact) mass is 352 g/mol. The Labute approximate surface area is 144 Å². The number of nitrogens with zero attached hydrogens (tertiary/aromatic N) is 3. The summed E-state index contributed by atoms with van der Waals surface area (Å²) in [5.74, 6) is -0.701. The van der Waals surface area contributed by atoms with Crippen molar-refractivity contribution in [3.63, 3.8) is 0 Å². The number of aromatic amines is 1. The van der Waals surface area contributed by atoms with Crippen molar-refractivity contribution in [3.05, 3.63) is 16.7 Å². The summed E-state index contributed by atoms with van der Waals surface area (Å²) in [4.78, 5) is 34.2. The average molecular weight is 352 g/mol. The maximum Gasteiger partial charge on any atom is 0.323 e. The number of hydrogen-bond donors (Lipinski definition) is 4. The smallest absolute Gasteiger partial charge is 0.323 e. The molecule has 0 aromatic carbocycles. The number of aromatic nitrogens is 4. The van der Waals surface area contributed by atoms with Crippen LogP contribution in [0.25, 0.3) is 11.2 Å². The lowest BCUT2D eigenvalue weighted by molar-refractivity contribution is -0.148. The van der Waals surface area contributed by atoms with E-state index in [1.54, 1.807) is 4.57 Å².